The molecule has 0 fully saturated rings. The lowest BCUT2D eigenvalue weighted by Gasteiger charge is -2.07. The molecular weight excluding hydrogens is 406 g/mol. The van der Waals surface area contributed by atoms with Gasteiger partial charge in [-0.15, -0.1) is 0 Å². The van der Waals surface area contributed by atoms with Crippen LogP contribution in [0.15, 0.2) is 118 Å². The predicted molar refractivity (Wildman–Crippen MR) is 136 cm³/mol. The number of hydrogen-bond acceptors (Lipinski definition) is 3. The first-order valence-electron chi connectivity index (χ1n) is 11.0. The van der Waals surface area contributed by atoms with Crippen LogP contribution in [-0.4, -0.2) is 0 Å². The van der Waals surface area contributed by atoms with Gasteiger partial charge in [0.15, 0.2) is 5.58 Å². The van der Waals surface area contributed by atoms with E-state index in [9.17, 15) is 0 Å². The van der Waals surface area contributed by atoms with Gasteiger partial charge in [0.2, 0.25) is 0 Å². The van der Waals surface area contributed by atoms with E-state index in [-0.39, 0.29) is 0 Å². The smallest absolute Gasteiger partial charge is 0.158 e. The normalized spacial score (nSPS) is 11.6. The van der Waals surface area contributed by atoms with Crippen LogP contribution in [0, 0.1) is 0 Å². The zero-order valence-electron chi connectivity index (χ0n) is 17.7. The van der Waals surface area contributed by atoms with Gasteiger partial charge in [0, 0.05) is 32.8 Å². The van der Waals surface area contributed by atoms with E-state index in [0.29, 0.717) is 0 Å². The van der Waals surface area contributed by atoms with Crippen molar-refractivity contribution in [2.45, 2.75) is 0 Å². The van der Waals surface area contributed by atoms with Crippen molar-refractivity contribution >= 4 is 55.3 Å². The maximum atomic E-state index is 6.50. The van der Waals surface area contributed by atoms with Crippen LogP contribution in [0.5, 0.6) is 0 Å². The van der Waals surface area contributed by atoms with E-state index < -0.39 is 0 Å². The molecule has 0 spiro atoms. The number of fused-ring (bicyclic) bond motifs is 6. The molecule has 0 amide bonds. The van der Waals surface area contributed by atoms with Crippen LogP contribution < -0.4 is 5.32 Å². The summed E-state index contributed by atoms with van der Waals surface area (Å²) in [6.45, 7) is 0. The van der Waals surface area contributed by atoms with Gasteiger partial charge in [-0.3, -0.25) is 0 Å². The monoisotopic (exact) mass is 425 g/mol. The van der Waals surface area contributed by atoms with Crippen LogP contribution in [0.25, 0.3) is 55.0 Å². The Morgan fingerprint density at radius 3 is 2.12 bits per heavy atom. The van der Waals surface area contributed by atoms with E-state index in [1.165, 1.54) is 0 Å². The molecule has 7 aromatic rings. The van der Waals surface area contributed by atoms with Crippen LogP contribution in [-0.2, 0) is 0 Å². The number of anilines is 2. The van der Waals surface area contributed by atoms with Gasteiger partial charge >= 0.3 is 0 Å². The molecule has 2 aromatic heterocycles. The van der Waals surface area contributed by atoms with Crippen molar-refractivity contribution in [2.75, 3.05) is 5.32 Å². The molecule has 0 saturated heterocycles. The Morgan fingerprint density at radius 2 is 1.21 bits per heavy atom. The molecule has 3 heteroatoms. The number of benzene rings is 5. The maximum absolute atomic E-state index is 6.50. The standard InChI is InChI=1S/C30H19NO2/c1-2-8-19(9-3-1)21-11-6-12-23-24-13-7-14-26(30(24)33-29(21)23)31-20-16-17-28-25(18-20)22-10-4-5-15-27(22)32-28/h1-18,31H. The summed E-state index contributed by atoms with van der Waals surface area (Å²) in [6, 6.07) is 37.3. The molecule has 5 aromatic carbocycles. The summed E-state index contributed by atoms with van der Waals surface area (Å²) in [6.07, 6.45) is 0. The zero-order valence-corrected chi connectivity index (χ0v) is 17.7. The minimum atomic E-state index is 0.855. The zero-order chi connectivity index (χ0) is 21.8. The summed E-state index contributed by atoms with van der Waals surface area (Å²) in [7, 11) is 0. The lowest BCUT2D eigenvalue weighted by molar-refractivity contribution is 0.669. The van der Waals surface area contributed by atoms with Crippen LogP contribution in [0.1, 0.15) is 0 Å². The quantitative estimate of drug-likeness (QED) is 0.307. The molecule has 0 atom stereocenters. The van der Waals surface area contributed by atoms with Gasteiger partial charge in [-0.2, -0.15) is 0 Å². The van der Waals surface area contributed by atoms with Crippen LogP contribution in [0.2, 0.25) is 0 Å². The summed E-state index contributed by atoms with van der Waals surface area (Å²) in [5.41, 5.74) is 7.72. The summed E-state index contributed by atoms with van der Waals surface area (Å²) in [4.78, 5) is 0. The van der Waals surface area contributed by atoms with E-state index in [4.69, 9.17) is 8.83 Å². The third-order valence-corrected chi connectivity index (χ3v) is 6.26. The Kier molecular flexibility index (Phi) is 3.84. The Morgan fingerprint density at radius 1 is 0.485 bits per heavy atom. The summed E-state index contributed by atoms with van der Waals surface area (Å²) >= 11 is 0. The highest BCUT2D eigenvalue weighted by atomic mass is 16.3. The van der Waals surface area contributed by atoms with E-state index in [0.717, 1.165) is 66.4 Å². The van der Waals surface area contributed by atoms with Crippen LogP contribution in [0.4, 0.5) is 11.4 Å². The SMILES string of the molecule is c1ccc(-c2cccc3c2oc2c(Nc4ccc5oc6ccccc6c5c4)cccc23)cc1. The van der Waals surface area contributed by atoms with Gasteiger partial charge in [-0.1, -0.05) is 78.9 Å². The van der Waals surface area contributed by atoms with Gasteiger partial charge in [-0.05, 0) is 35.9 Å². The average molecular weight is 425 g/mol. The Hall–Kier alpha value is -4.50. The summed E-state index contributed by atoms with van der Waals surface area (Å²) in [5.74, 6) is 0. The molecule has 0 bridgehead atoms. The number of nitrogens with one attached hydrogen (secondary N) is 1. The van der Waals surface area contributed by atoms with Crippen LogP contribution >= 0.6 is 0 Å². The van der Waals surface area contributed by atoms with Crippen molar-refractivity contribution in [3.63, 3.8) is 0 Å². The first kappa shape index (κ1) is 18.1. The largest absolute Gasteiger partial charge is 0.456 e. The molecule has 0 radical (unpaired) electrons. The molecule has 0 aliphatic rings. The van der Waals surface area contributed by atoms with E-state index in [2.05, 4.69) is 78.1 Å². The topological polar surface area (TPSA) is 38.3 Å². The Labute approximate surface area is 189 Å². The molecule has 0 saturated carbocycles. The van der Waals surface area contributed by atoms with Crippen molar-refractivity contribution in [1.82, 2.24) is 0 Å². The second-order valence-electron chi connectivity index (χ2n) is 8.27. The minimum Gasteiger partial charge on any atom is -0.456 e. The minimum absolute atomic E-state index is 0.855. The summed E-state index contributed by atoms with van der Waals surface area (Å²) in [5, 5.41) is 8.01. The van der Waals surface area contributed by atoms with Crippen molar-refractivity contribution in [1.29, 1.82) is 0 Å². The Balaban J connectivity index is 1.38. The average Bonchev–Trinajstić information content (AvgIpc) is 3.43. The first-order chi connectivity index (χ1) is 16.3. The van der Waals surface area contributed by atoms with Crippen LogP contribution in [0.3, 0.4) is 0 Å². The first-order valence-corrected chi connectivity index (χ1v) is 11.0. The number of rotatable bonds is 3. The summed E-state index contributed by atoms with van der Waals surface area (Å²) < 4.78 is 12.5. The van der Waals surface area contributed by atoms with E-state index in [1.807, 2.05) is 36.4 Å². The van der Waals surface area contributed by atoms with Crippen molar-refractivity contribution in [3.8, 4) is 11.1 Å². The molecule has 33 heavy (non-hydrogen) atoms. The fourth-order valence-electron chi connectivity index (χ4n) is 4.72. The Bertz CT molecular complexity index is 1790. The molecule has 0 aliphatic heterocycles. The van der Waals surface area contributed by atoms with Gasteiger partial charge in [0.25, 0.3) is 0 Å². The highest BCUT2D eigenvalue weighted by Crippen LogP contribution is 2.39. The van der Waals surface area contributed by atoms with Crippen molar-refractivity contribution < 1.29 is 8.83 Å². The second-order valence-corrected chi connectivity index (χ2v) is 8.27. The molecule has 0 aliphatic carbocycles. The lowest BCUT2D eigenvalue weighted by atomic mass is 10.0. The third-order valence-electron chi connectivity index (χ3n) is 6.26. The fourth-order valence-corrected chi connectivity index (χ4v) is 4.72. The molecule has 0 unspecified atom stereocenters. The van der Waals surface area contributed by atoms with E-state index in [1.54, 1.807) is 0 Å². The van der Waals surface area contributed by atoms with Gasteiger partial charge in [0.1, 0.15) is 16.7 Å². The predicted octanol–water partition coefficient (Wildman–Crippen LogP) is 8.90. The molecular formula is C30H19NO2. The molecule has 156 valence electrons. The molecule has 3 nitrogen and oxygen atoms in total. The third kappa shape index (κ3) is 2.83. The van der Waals surface area contributed by atoms with Crippen molar-refractivity contribution in [3.05, 3.63) is 109 Å². The number of hydrogen-bond donors (Lipinski definition) is 1. The highest BCUT2D eigenvalue weighted by molar-refractivity contribution is 6.13. The van der Waals surface area contributed by atoms with Gasteiger partial charge in [0.05, 0.1) is 5.69 Å². The fraction of sp³-hybridized carbons (Fsp3) is 0. The second kappa shape index (κ2) is 7.01. The maximum Gasteiger partial charge on any atom is 0.158 e. The number of furan rings is 2. The van der Waals surface area contributed by atoms with Crippen molar-refractivity contribution in [2.24, 2.45) is 0 Å². The molecule has 7 rings (SSSR count). The highest BCUT2D eigenvalue weighted by Gasteiger charge is 2.15. The van der Waals surface area contributed by atoms with Gasteiger partial charge in [-0.25, -0.2) is 0 Å². The number of para-hydroxylation sites is 3. The van der Waals surface area contributed by atoms with Gasteiger partial charge < -0.3 is 14.2 Å². The van der Waals surface area contributed by atoms with E-state index >= 15 is 0 Å². The molecule has 2 heterocycles. The molecule has 1 N–H and O–H groups in total. The lowest BCUT2D eigenvalue weighted by Crippen LogP contribution is -1.90.